The lowest BCUT2D eigenvalue weighted by Crippen LogP contribution is -2.33. The molecule has 1 aliphatic heterocycles. The highest BCUT2D eigenvalue weighted by molar-refractivity contribution is 9.10. The Morgan fingerprint density at radius 1 is 1.32 bits per heavy atom. The maximum absolute atomic E-state index is 11.1. The number of hydrogen-bond donors (Lipinski definition) is 2. The first-order valence-corrected chi connectivity index (χ1v) is 9.57. The fourth-order valence-corrected chi connectivity index (χ4v) is 4.22. The highest BCUT2D eigenvalue weighted by atomic mass is 79.9. The van der Waals surface area contributed by atoms with E-state index in [1.54, 1.807) is 18.9 Å². The molecule has 25 heavy (non-hydrogen) atoms. The summed E-state index contributed by atoms with van der Waals surface area (Å²) in [7, 11) is 1.62. The summed E-state index contributed by atoms with van der Waals surface area (Å²) in [6.45, 7) is 0.360. The zero-order chi connectivity index (χ0) is 17.8. The van der Waals surface area contributed by atoms with Crippen LogP contribution >= 0.6 is 27.7 Å². The quantitative estimate of drug-likeness (QED) is 0.735. The molecule has 2 atom stereocenters. The van der Waals surface area contributed by atoms with Crippen molar-refractivity contribution in [1.29, 1.82) is 0 Å². The molecule has 0 saturated carbocycles. The van der Waals surface area contributed by atoms with Crippen LogP contribution in [0.4, 0.5) is 0 Å². The number of carboxylic acids is 1. The highest BCUT2D eigenvalue weighted by Crippen LogP contribution is 2.35. The fraction of sp³-hybridized carbons (Fsp3) is 0.278. The van der Waals surface area contributed by atoms with Gasteiger partial charge < -0.3 is 14.6 Å². The molecular formula is C18H18BrNO4S. The van der Waals surface area contributed by atoms with Crippen LogP contribution in [-0.4, -0.2) is 30.0 Å². The molecule has 1 heterocycles. The lowest BCUT2D eigenvalue weighted by atomic mass is 10.1. The monoisotopic (exact) mass is 423 g/mol. The number of ether oxygens (including phenoxy) is 2. The van der Waals surface area contributed by atoms with Crippen LogP contribution in [0.25, 0.3) is 0 Å². The van der Waals surface area contributed by atoms with Gasteiger partial charge in [0.15, 0.2) is 0 Å². The number of rotatable bonds is 6. The van der Waals surface area contributed by atoms with Crippen molar-refractivity contribution in [3.05, 3.63) is 58.1 Å². The predicted octanol–water partition coefficient (Wildman–Crippen LogP) is 3.82. The van der Waals surface area contributed by atoms with Gasteiger partial charge in [-0.1, -0.05) is 18.2 Å². The van der Waals surface area contributed by atoms with Crippen LogP contribution in [-0.2, 0) is 11.4 Å². The zero-order valence-electron chi connectivity index (χ0n) is 13.6. The summed E-state index contributed by atoms with van der Waals surface area (Å²) in [6, 6.07) is 13.0. The summed E-state index contributed by atoms with van der Waals surface area (Å²) in [4.78, 5) is 11.1. The predicted molar refractivity (Wildman–Crippen MR) is 101 cm³/mol. The zero-order valence-corrected chi connectivity index (χ0v) is 16.0. The molecule has 2 aromatic rings. The first kappa shape index (κ1) is 18.1. The minimum absolute atomic E-state index is 0.0470. The van der Waals surface area contributed by atoms with E-state index in [0.717, 1.165) is 27.1 Å². The molecule has 0 amide bonds. The van der Waals surface area contributed by atoms with Crippen molar-refractivity contribution in [2.75, 3.05) is 12.9 Å². The minimum Gasteiger partial charge on any atom is -0.496 e. The smallest absolute Gasteiger partial charge is 0.321 e. The third-order valence-electron chi connectivity index (χ3n) is 3.91. The van der Waals surface area contributed by atoms with Gasteiger partial charge in [-0.3, -0.25) is 10.1 Å². The molecule has 1 aliphatic rings. The summed E-state index contributed by atoms with van der Waals surface area (Å²) < 4.78 is 12.2. The molecule has 2 N–H and O–H groups in total. The van der Waals surface area contributed by atoms with E-state index in [4.69, 9.17) is 14.6 Å². The molecule has 5 nitrogen and oxygen atoms in total. The lowest BCUT2D eigenvalue weighted by molar-refractivity contribution is -0.138. The number of para-hydroxylation sites is 1. The van der Waals surface area contributed by atoms with E-state index < -0.39 is 12.0 Å². The Morgan fingerprint density at radius 3 is 2.80 bits per heavy atom. The van der Waals surface area contributed by atoms with E-state index in [1.165, 1.54) is 0 Å². The Hall–Kier alpha value is -1.70. The largest absolute Gasteiger partial charge is 0.496 e. The molecule has 0 bridgehead atoms. The number of hydrogen-bond acceptors (Lipinski definition) is 5. The number of carbonyl (C=O) groups is 1. The molecule has 3 rings (SSSR count). The SMILES string of the molecule is COc1ccc([C@H]2N[C@H](C(=O)O)CS2)cc1COc1ccccc1Br. The Kier molecular flexibility index (Phi) is 5.88. The van der Waals surface area contributed by atoms with Crippen LogP contribution in [0.5, 0.6) is 11.5 Å². The third kappa shape index (κ3) is 4.29. The minimum atomic E-state index is -0.819. The topological polar surface area (TPSA) is 67.8 Å². The maximum atomic E-state index is 11.1. The van der Waals surface area contributed by atoms with Gasteiger partial charge in [-0.05, 0) is 45.8 Å². The second-order valence-electron chi connectivity index (χ2n) is 5.56. The Labute approximate surface area is 158 Å². The van der Waals surface area contributed by atoms with Crippen LogP contribution < -0.4 is 14.8 Å². The van der Waals surface area contributed by atoms with Gasteiger partial charge in [0, 0.05) is 11.3 Å². The van der Waals surface area contributed by atoms with Crippen LogP contribution in [0.15, 0.2) is 46.9 Å². The van der Waals surface area contributed by atoms with Gasteiger partial charge >= 0.3 is 5.97 Å². The molecule has 0 aliphatic carbocycles. The highest BCUT2D eigenvalue weighted by Gasteiger charge is 2.30. The number of thioether (sulfide) groups is 1. The van der Waals surface area contributed by atoms with Crippen molar-refractivity contribution in [2.45, 2.75) is 18.0 Å². The summed E-state index contributed by atoms with van der Waals surface area (Å²) in [5, 5.41) is 12.2. The van der Waals surface area contributed by atoms with Crippen molar-refractivity contribution in [2.24, 2.45) is 0 Å². The van der Waals surface area contributed by atoms with Crippen molar-refractivity contribution in [1.82, 2.24) is 5.32 Å². The van der Waals surface area contributed by atoms with Crippen LogP contribution in [0, 0.1) is 0 Å². The van der Waals surface area contributed by atoms with Gasteiger partial charge in [-0.25, -0.2) is 0 Å². The second-order valence-corrected chi connectivity index (χ2v) is 7.55. The van der Waals surface area contributed by atoms with E-state index in [9.17, 15) is 4.79 Å². The van der Waals surface area contributed by atoms with Gasteiger partial charge in [0.25, 0.3) is 0 Å². The number of methoxy groups -OCH3 is 1. The van der Waals surface area contributed by atoms with E-state index in [-0.39, 0.29) is 5.37 Å². The van der Waals surface area contributed by atoms with Gasteiger partial charge in [-0.2, -0.15) is 0 Å². The van der Waals surface area contributed by atoms with Gasteiger partial charge in [-0.15, -0.1) is 11.8 Å². The van der Waals surface area contributed by atoms with Crippen molar-refractivity contribution in [3.8, 4) is 11.5 Å². The summed E-state index contributed by atoms with van der Waals surface area (Å²) in [5.74, 6) is 1.23. The van der Waals surface area contributed by atoms with Gasteiger partial charge in [0.2, 0.25) is 0 Å². The fourth-order valence-electron chi connectivity index (χ4n) is 2.60. The summed E-state index contributed by atoms with van der Waals surface area (Å²) >= 11 is 5.06. The van der Waals surface area contributed by atoms with E-state index in [2.05, 4.69) is 21.2 Å². The standard InChI is InChI=1S/C18H18BrNO4S/c1-23-15-7-6-11(17-20-14(10-25-17)18(21)22)8-12(15)9-24-16-5-3-2-4-13(16)19/h2-8,14,17,20H,9-10H2,1H3,(H,21,22)/t14-,17-/m0/s1. The molecule has 132 valence electrons. The lowest BCUT2D eigenvalue weighted by Gasteiger charge is -2.16. The van der Waals surface area contributed by atoms with E-state index in [1.807, 2.05) is 42.5 Å². The number of carboxylic acid groups (broad SMARTS) is 1. The molecule has 1 saturated heterocycles. The average molecular weight is 424 g/mol. The van der Waals surface area contributed by atoms with Crippen molar-refractivity contribution >= 4 is 33.7 Å². The van der Waals surface area contributed by atoms with Crippen LogP contribution in [0.2, 0.25) is 0 Å². The van der Waals surface area contributed by atoms with Crippen LogP contribution in [0.1, 0.15) is 16.5 Å². The first-order valence-electron chi connectivity index (χ1n) is 7.73. The molecule has 0 spiro atoms. The Bertz CT molecular complexity index is 770. The summed E-state index contributed by atoms with van der Waals surface area (Å²) in [6.07, 6.45) is 0. The molecule has 1 fully saturated rings. The molecule has 2 aromatic carbocycles. The number of benzene rings is 2. The molecule has 0 unspecified atom stereocenters. The third-order valence-corrected chi connectivity index (χ3v) is 5.83. The van der Waals surface area contributed by atoms with Crippen LogP contribution in [0.3, 0.4) is 0 Å². The molecule has 0 aromatic heterocycles. The van der Waals surface area contributed by atoms with Crippen molar-refractivity contribution < 1.29 is 19.4 Å². The molecule has 0 radical (unpaired) electrons. The van der Waals surface area contributed by atoms with Crippen molar-refractivity contribution in [3.63, 3.8) is 0 Å². The molecule has 7 heteroatoms. The maximum Gasteiger partial charge on any atom is 0.321 e. The van der Waals surface area contributed by atoms with E-state index >= 15 is 0 Å². The number of halogens is 1. The van der Waals surface area contributed by atoms with Gasteiger partial charge in [0.1, 0.15) is 24.1 Å². The Balaban J connectivity index is 1.76. The number of nitrogens with one attached hydrogen (secondary N) is 1. The number of aliphatic carboxylic acids is 1. The molecular weight excluding hydrogens is 406 g/mol. The second kappa shape index (κ2) is 8.12. The average Bonchev–Trinajstić information content (AvgIpc) is 3.11. The summed E-state index contributed by atoms with van der Waals surface area (Å²) in [5.41, 5.74) is 1.93. The first-order chi connectivity index (χ1) is 12.1. The Morgan fingerprint density at radius 2 is 2.12 bits per heavy atom. The normalized spacial score (nSPS) is 19.6. The van der Waals surface area contributed by atoms with Gasteiger partial charge in [0.05, 0.1) is 17.0 Å². The van der Waals surface area contributed by atoms with E-state index in [0.29, 0.717) is 12.4 Å².